The van der Waals surface area contributed by atoms with Crippen LogP contribution in [0.25, 0.3) is 0 Å². The molecule has 0 bridgehead atoms. The highest BCUT2D eigenvalue weighted by Crippen LogP contribution is 2.31. The maximum absolute atomic E-state index is 12.8. The zero-order chi connectivity index (χ0) is 19.3. The summed E-state index contributed by atoms with van der Waals surface area (Å²) in [6.45, 7) is 3.63. The highest BCUT2D eigenvalue weighted by atomic mass is 16.5. The Bertz CT molecular complexity index is 868. The summed E-state index contributed by atoms with van der Waals surface area (Å²) in [5.74, 6) is 0.198. The van der Waals surface area contributed by atoms with Crippen LogP contribution in [0.15, 0.2) is 66.7 Å². The highest BCUT2D eigenvalue weighted by Gasteiger charge is 2.29. The summed E-state index contributed by atoms with van der Waals surface area (Å²) in [6.07, 6.45) is 0.820. The molecule has 1 aromatic heterocycles. The molecule has 2 heterocycles. The van der Waals surface area contributed by atoms with Crippen LogP contribution in [0.5, 0.6) is 0 Å². The lowest BCUT2D eigenvalue weighted by atomic mass is 9.86. The van der Waals surface area contributed by atoms with E-state index in [0.717, 1.165) is 12.1 Å². The number of benzene rings is 2. The number of carbonyl (C=O) groups is 1. The van der Waals surface area contributed by atoms with Gasteiger partial charge in [0.25, 0.3) is 5.91 Å². The fourth-order valence-corrected chi connectivity index (χ4v) is 3.83. The number of morpholine rings is 1. The topological polar surface area (TPSA) is 58.2 Å². The fourth-order valence-electron chi connectivity index (χ4n) is 3.83. The molecule has 28 heavy (non-hydrogen) atoms. The van der Waals surface area contributed by atoms with E-state index in [9.17, 15) is 4.79 Å². The fraction of sp³-hybridized carbons (Fsp3) is 0.304. The number of hydrogen-bond acceptors (Lipinski definition) is 3. The molecule has 5 nitrogen and oxygen atoms in total. The van der Waals surface area contributed by atoms with Gasteiger partial charge in [0.15, 0.2) is 0 Å². The van der Waals surface area contributed by atoms with Crippen molar-refractivity contribution in [3.05, 3.63) is 89.2 Å². The molecule has 0 unspecified atom stereocenters. The summed E-state index contributed by atoms with van der Waals surface area (Å²) in [5, 5.41) is 6.96. The van der Waals surface area contributed by atoms with E-state index >= 15 is 0 Å². The third-order valence-corrected chi connectivity index (χ3v) is 5.25. The van der Waals surface area contributed by atoms with Gasteiger partial charge in [0.1, 0.15) is 5.69 Å². The van der Waals surface area contributed by atoms with Crippen LogP contribution in [-0.4, -0.2) is 46.8 Å². The molecule has 5 heteroatoms. The number of amides is 1. The van der Waals surface area contributed by atoms with Crippen LogP contribution in [0, 0.1) is 6.92 Å². The van der Waals surface area contributed by atoms with Crippen molar-refractivity contribution in [3.8, 4) is 0 Å². The van der Waals surface area contributed by atoms with Gasteiger partial charge in [-0.15, -0.1) is 0 Å². The molecule has 4 rings (SSSR count). The lowest BCUT2D eigenvalue weighted by Crippen LogP contribution is -2.46. The molecule has 0 spiro atoms. The number of aromatic amines is 1. The number of nitrogens with zero attached hydrogens (tertiary/aromatic N) is 2. The predicted molar refractivity (Wildman–Crippen MR) is 108 cm³/mol. The van der Waals surface area contributed by atoms with E-state index in [-0.39, 0.29) is 17.9 Å². The Kier molecular flexibility index (Phi) is 5.53. The largest absolute Gasteiger partial charge is 0.375 e. The van der Waals surface area contributed by atoms with Crippen molar-refractivity contribution in [2.24, 2.45) is 0 Å². The first-order valence-electron chi connectivity index (χ1n) is 9.73. The van der Waals surface area contributed by atoms with Crippen LogP contribution in [0.2, 0.25) is 0 Å². The van der Waals surface area contributed by atoms with Gasteiger partial charge in [-0.3, -0.25) is 9.89 Å². The highest BCUT2D eigenvalue weighted by molar-refractivity contribution is 5.92. The quantitative estimate of drug-likeness (QED) is 0.738. The smallest absolute Gasteiger partial charge is 0.274 e. The third kappa shape index (κ3) is 4.15. The Morgan fingerprint density at radius 1 is 1.14 bits per heavy atom. The predicted octanol–water partition coefficient (Wildman–Crippen LogP) is 3.78. The van der Waals surface area contributed by atoms with Gasteiger partial charge in [0.05, 0.1) is 12.7 Å². The second-order valence-corrected chi connectivity index (χ2v) is 7.29. The second-order valence-electron chi connectivity index (χ2n) is 7.29. The number of nitrogens with one attached hydrogen (secondary N) is 1. The monoisotopic (exact) mass is 375 g/mol. The Morgan fingerprint density at radius 2 is 1.79 bits per heavy atom. The summed E-state index contributed by atoms with van der Waals surface area (Å²) >= 11 is 0. The molecule has 1 saturated heterocycles. The molecule has 0 radical (unpaired) electrons. The van der Waals surface area contributed by atoms with E-state index in [2.05, 4.69) is 58.7 Å². The molecular formula is C23H25N3O2. The Balaban J connectivity index is 1.51. The minimum absolute atomic E-state index is 0.0110. The lowest BCUT2D eigenvalue weighted by Gasteiger charge is -2.34. The Labute approximate surface area is 165 Å². The molecule has 1 amide bonds. The molecule has 1 atom stereocenters. The number of aryl methyl sites for hydroxylation is 1. The minimum atomic E-state index is -0.0337. The zero-order valence-corrected chi connectivity index (χ0v) is 16.0. The van der Waals surface area contributed by atoms with E-state index in [1.54, 1.807) is 6.07 Å². The molecule has 2 aromatic carbocycles. The number of aromatic nitrogens is 2. The first-order valence-corrected chi connectivity index (χ1v) is 9.73. The normalized spacial score (nSPS) is 17.1. The first-order chi connectivity index (χ1) is 13.7. The van der Waals surface area contributed by atoms with Gasteiger partial charge in [-0.05, 0) is 30.5 Å². The van der Waals surface area contributed by atoms with Crippen LogP contribution in [-0.2, 0) is 4.74 Å². The van der Waals surface area contributed by atoms with Gasteiger partial charge in [-0.2, -0.15) is 5.10 Å². The van der Waals surface area contributed by atoms with Gasteiger partial charge < -0.3 is 9.64 Å². The van der Waals surface area contributed by atoms with Crippen molar-refractivity contribution in [2.75, 3.05) is 19.7 Å². The van der Waals surface area contributed by atoms with E-state index in [4.69, 9.17) is 4.74 Å². The van der Waals surface area contributed by atoms with Crippen LogP contribution in [0.3, 0.4) is 0 Å². The number of rotatable bonds is 5. The lowest BCUT2D eigenvalue weighted by molar-refractivity contribution is -0.0266. The van der Waals surface area contributed by atoms with Crippen molar-refractivity contribution in [1.82, 2.24) is 15.1 Å². The maximum atomic E-state index is 12.8. The molecule has 1 aliphatic heterocycles. The van der Waals surface area contributed by atoms with E-state index < -0.39 is 0 Å². The molecule has 3 aromatic rings. The minimum Gasteiger partial charge on any atom is -0.375 e. The number of carbonyl (C=O) groups excluding carboxylic acids is 1. The Hall–Kier alpha value is -2.92. The number of ether oxygens (including phenoxy) is 1. The van der Waals surface area contributed by atoms with E-state index in [1.165, 1.54) is 11.1 Å². The van der Waals surface area contributed by atoms with Crippen LogP contribution in [0.1, 0.15) is 39.6 Å². The van der Waals surface area contributed by atoms with E-state index in [1.807, 2.05) is 24.0 Å². The summed E-state index contributed by atoms with van der Waals surface area (Å²) in [7, 11) is 0. The molecule has 0 aliphatic carbocycles. The zero-order valence-electron chi connectivity index (χ0n) is 16.0. The van der Waals surface area contributed by atoms with Gasteiger partial charge in [-0.25, -0.2) is 0 Å². The summed E-state index contributed by atoms with van der Waals surface area (Å²) in [5.41, 5.74) is 3.90. The third-order valence-electron chi connectivity index (χ3n) is 5.25. The summed E-state index contributed by atoms with van der Waals surface area (Å²) in [4.78, 5) is 14.6. The van der Waals surface area contributed by atoms with Crippen molar-refractivity contribution in [2.45, 2.75) is 25.4 Å². The maximum Gasteiger partial charge on any atom is 0.274 e. The number of H-pyrrole nitrogens is 1. The molecule has 1 fully saturated rings. The van der Waals surface area contributed by atoms with Crippen molar-refractivity contribution in [1.29, 1.82) is 0 Å². The van der Waals surface area contributed by atoms with Crippen molar-refractivity contribution < 1.29 is 9.53 Å². The average molecular weight is 375 g/mol. The van der Waals surface area contributed by atoms with Crippen LogP contribution >= 0.6 is 0 Å². The SMILES string of the molecule is Cc1cc(C(=O)N2CCO[C@H](CC(c3ccccc3)c3ccccc3)C2)n[nH]1. The molecule has 1 aliphatic rings. The molecule has 1 N–H and O–H groups in total. The van der Waals surface area contributed by atoms with E-state index in [0.29, 0.717) is 25.4 Å². The van der Waals surface area contributed by atoms with Crippen molar-refractivity contribution >= 4 is 5.91 Å². The molecule has 144 valence electrons. The number of hydrogen-bond donors (Lipinski definition) is 1. The Morgan fingerprint density at radius 3 is 2.36 bits per heavy atom. The first kappa shape index (κ1) is 18.4. The van der Waals surface area contributed by atoms with Crippen molar-refractivity contribution in [3.63, 3.8) is 0 Å². The van der Waals surface area contributed by atoms with Crippen LogP contribution in [0.4, 0.5) is 0 Å². The van der Waals surface area contributed by atoms with Gasteiger partial charge in [0.2, 0.25) is 0 Å². The second kappa shape index (κ2) is 8.40. The standard InChI is InChI=1S/C23H25N3O2/c1-17-14-22(25-24-17)23(27)26-12-13-28-20(16-26)15-21(18-8-4-2-5-9-18)19-10-6-3-7-11-19/h2-11,14,20-21H,12-13,15-16H2,1H3,(H,24,25)/t20-/m1/s1. The van der Waals surface area contributed by atoms with Gasteiger partial charge >= 0.3 is 0 Å². The molecule has 0 saturated carbocycles. The average Bonchev–Trinajstić information content (AvgIpc) is 3.19. The summed E-state index contributed by atoms with van der Waals surface area (Å²) < 4.78 is 6.05. The van der Waals surface area contributed by atoms with Gasteiger partial charge in [-0.1, -0.05) is 60.7 Å². The summed E-state index contributed by atoms with van der Waals surface area (Å²) in [6, 6.07) is 22.8. The van der Waals surface area contributed by atoms with Crippen LogP contribution < -0.4 is 0 Å². The molecular weight excluding hydrogens is 350 g/mol. The van der Waals surface area contributed by atoms with Gasteiger partial charge in [0, 0.05) is 24.7 Å².